The summed E-state index contributed by atoms with van der Waals surface area (Å²) >= 11 is 0. The molecule has 0 unspecified atom stereocenters. The minimum atomic E-state index is -3.82. The highest BCUT2D eigenvalue weighted by Gasteiger charge is 2.08. The van der Waals surface area contributed by atoms with Crippen LogP contribution in [0, 0.1) is 0 Å². The molecule has 0 aliphatic rings. The third kappa shape index (κ3) is 5.87. The average Bonchev–Trinajstić information content (AvgIpc) is 1.87. The summed E-state index contributed by atoms with van der Waals surface area (Å²) in [6, 6.07) is 0. The van der Waals surface area contributed by atoms with E-state index in [1.54, 1.807) is 0 Å². The summed E-state index contributed by atoms with van der Waals surface area (Å²) in [5.74, 6) is 0. The minimum Gasteiger partial charge on any atom is -0.370 e. The van der Waals surface area contributed by atoms with Crippen LogP contribution in [0.3, 0.4) is 0 Å². The van der Waals surface area contributed by atoms with Gasteiger partial charge in [-0.1, -0.05) is 19.9 Å². The molecule has 5 heteroatoms. The number of hydrogen-bond donors (Lipinski definition) is 0. The van der Waals surface area contributed by atoms with Crippen molar-refractivity contribution in [2.24, 2.45) is 0 Å². The van der Waals surface area contributed by atoms with Crippen molar-refractivity contribution < 1.29 is 16.8 Å². The molecule has 66 valence electrons. The third-order valence-electron chi connectivity index (χ3n) is 0.911. The van der Waals surface area contributed by atoms with E-state index in [9.17, 15) is 8.42 Å². The Labute approximate surface area is 67.1 Å². The van der Waals surface area contributed by atoms with Crippen LogP contribution in [0.2, 0.25) is 0 Å². The summed E-state index contributed by atoms with van der Waals surface area (Å²) in [6.45, 7) is 5.19. The molecule has 0 spiro atoms. The maximum atomic E-state index is 10.6. The zero-order chi connectivity index (χ0) is 8.74. The molecule has 0 fully saturated rings. The lowest BCUT2D eigenvalue weighted by atomic mass is 10.4. The van der Waals surface area contributed by atoms with Gasteiger partial charge in [0.2, 0.25) is 0 Å². The lowest BCUT2D eigenvalue weighted by Gasteiger charge is -2.01. The van der Waals surface area contributed by atoms with Crippen molar-refractivity contribution in [3.8, 4) is 0 Å². The van der Waals surface area contributed by atoms with Gasteiger partial charge in [-0.3, -0.25) is 0 Å². The zero-order valence-electron chi connectivity index (χ0n) is 6.45. The molecule has 0 saturated heterocycles. The molecule has 0 radical (unpaired) electrons. The van der Waals surface area contributed by atoms with Gasteiger partial charge >= 0.3 is 10.4 Å². The van der Waals surface area contributed by atoms with Crippen LogP contribution < -0.4 is 0 Å². The molecule has 0 N–H and O–H groups in total. The summed E-state index contributed by atoms with van der Waals surface area (Å²) in [6.07, 6.45) is 2.39. The van der Waals surface area contributed by atoms with Gasteiger partial charge in [0.05, 0.1) is 6.61 Å². The summed E-state index contributed by atoms with van der Waals surface area (Å²) in [7, 11) is -3.82. The van der Waals surface area contributed by atoms with Gasteiger partial charge in [0, 0.05) is 0 Å². The SMILES string of the molecule is C=COS(=O)(=O)OCCCC. The van der Waals surface area contributed by atoms with Crippen molar-refractivity contribution in [1.29, 1.82) is 0 Å². The van der Waals surface area contributed by atoms with E-state index < -0.39 is 10.4 Å². The fourth-order valence-corrected chi connectivity index (χ4v) is 0.961. The van der Waals surface area contributed by atoms with Crippen LogP contribution >= 0.6 is 0 Å². The smallest absolute Gasteiger partial charge is 0.370 e. The van der Waals surface area contributed by atoms with Crippen LogP contribution in [0.1, 0.15) is 19.8 Å². The molecule has 0 rings (SSSR count). The normalized spacial score (nSPS) is 11.0. The number of hydrogen-bond acceptors (Lipinski definition) is 4. The molecule has 0 aliphatic heterocycles. The van der Waals surface area contributed by atoms with Gasteiger partial charge in [-0.2, -0.15) is 8.42 Å². The fourth-order valence-electron chi connectivity index (χ4n) is 0.416. The van der Waals surface area contributed by atoms with Gasteiger partial charge in [0.15, 0.2) is 0 Å². The Morgan fingerprint density at radius 1 is 1.55 bits per heavy atom. The quantitative estimate of drug-likeness (QED) is 0.455. The highest BCUT2D eigenvalue weighted by molar-refractivity contribution is 7.81. The van der Waals surface area contributed by atoms with Gasteiger partial charge in [0.1, 0.15) is 6.26 Å². The van der Waals surface area contributed by atoms with Crippen molar-refractivity contribution in [2.45, 2.75) is 19.8 Å². The highest BCUT2D eigenvalue weighted by atomic mass is 32.3. The van der Waals surface area contributed by atoms with Crippen LogP contribution in [0.15, 0.2) is 12.8 Å². The van der Waals surface area contributed by atoms with Gasteiger partial charge in [-0.05, 0) is 6.42 Å². The Hall–Kier alpha value is -0.550. The van der Waals surface area contributed by atoms with Gasteiger partial charge < -0.3 is 4.18 Å². The van der Waals surface area contributed by atoms with Crippen molar-refractivity contribution in [2.75, 3.05) is 6.61 Å². The van der Waals surface area contributed by atoms with E-state index >= 15 is 0 Å². The molecule has 0 bridgehead atoms. The van der Waals surface area contributed by atoms with Gasteiger partial charge in [-0.25, -0.2) is 4.18 Å². The first-order valence-electron chi connectivity index (χ1n) is 3.31. The van der Waals surface area contributed by atoms with Gasteiger partial charge in [0.25, 0.3) is 0 Å². The Morgan fingerprint density at radius 2 is 2.18 bits per heavy atom. The monoisotopic (exact) mass is 180 g/mol. The first kappa shape index (κ1) is 10.4. The summed E-state index contributed by atoms with van der Waals surface area (Å²) in [5, 5.41) is 0. The van der Waals surface area contributed by atoms with E-state index in [0.717, 1.165) is 12.7 Å². The van der Waals surface area contributed by atoms with Crippen molar-refractivity contribution in [3.05, 3.63) is 12.8 Å². The first-order valence-corrected chi connectivity index (χ1v) is 4.64. The summed E-state index contributed by atoms with van der Waals surface area (Å²) < 4.78 is 29.7. The van der Waals surface area contributed by atoms with Gasteiger partial charge in [-0.15, -0.1) is 0 Å². The van der Waals surface area contributed by atoms with Crippen molar-refractivity contribution in [1.82, 2.24) is 0 Å². The second-order valence-corrected chi connectivity index (χ2v) is 3.09. The molecule has 4 nitrogen and oxygen atoms in total. The predicted octanol–water partition coefficient (Wildman–Crippen LogP) is 1.21. The van der Waals surface area contributed by atoms with Crippen molar-refractivity contribution >= 4 is 10.4 Å². The molecule has 0 heterocycles. The van der Waals surface area contributed by atoms with Crippen LogP contribution in [-0.4, -0.2) is 15.0 Å². The van der Waals surface area contributed by atoms with Crippen LogP contribution in [0.4, 0.5) is 0 Å². The Balaban J connectivity index is 3.65. The van der Waals surface area contributed by atoms with E-state index in [0.29, 0.717) is 6.42 Å². The molecule has 0 amide bonds. The Morgan fingerprint density at radius 3 is 2.64 bits per heavy atom. The first-order chi connectivity index (χ1) is 5.12. The molecule has 0 aromatic rings. The van der Waals surface area contributed by atoms with E-state index in [4.69, 9.17) is 0 Å². The molecule has 0 aromatic carbocycles. The van der Waals surface area contributed by atoms with E-state index in [1.165, 1.54) is 0 Å². The third-order valence-corrected chi connectivity index (χ3v) is 1.74. The minimum absolute atomic E-state index is 0.159. The summed E-state index contributed by atoms with van der Waals surface area (Å²) in [4.78, 5) is 0. The van der Waals surface area contributed by atoms with Crippen LogP contribution in [0.5, 0.6) is 0 Å². The van der Waals surface area contributed by atoms with Crippen LogP contribution in [0.25, 0.3) is 0 Å². The van der Waals surface area contributed by atoms with E-state index in [-0.39, 0.29) is 6.61 Å². The fraction of sp³-hybridized carbons (Fsp3) is 0.667. The lowest BCUT2D eigenvalue weighted by molar-refractivity contribution is 0.255. The molecular weight excluding hydrogens is 168 g/mol. The van der Waals surface area contributed by atoms with E-state index in [1.807, 2.05) is 6.92 Å². The molecule has 0 aliphatic carbocycles. The molecule has 0 saturated carbocycles. The molecular formula is C6H12O4S. The van der Waals surface area contributed by atoms with E-state index in [2.05, 4.69) is 14.9 Å². The zero-order valence-corrected chi connectivity index (χ0v) is 7.26. The largest absolute Gasteiger partial charge is 0.448 e. The second kappa shape index (κ2) is 5.15. The number of unbranched alkanes of at least 4 members (excludes halogenated alkanes) is 1. The molecule has 11 heavy (non-hydrogen) atoms. The Bertz CT molecular complexity index is 195. The second-order valence-electron chi connectivity index (χ2n) is 1.85. The maximum absolute atomic E-state index is 10.6. The number of rotatable bonds is 6. The topological polar surface area (TPSA) is 52.6 Å². The average molecular weight is 180 g/mol. The standard InChI is InChI=1S/C6H12O4S/c1-3-5-6-10-11(7,8)9-4-2/h4H,2-3,5-6H2,1H3. The summed E-state index contributed by atoms with van der Waals surface area (Å²) in [5.41, 5.74) is 0. The van der Waals surface area contributed by atoms with Crippen LogP contribution in [-0.2, 0) is 18.8 Å². The molecule has 0 atom stereocenters. The lowest BCUT2D eigenvalue weighted by Crippen LogP contribution is -2.07. The molecule has 0 aromatic heterocycles. The Kier molecular flexibility index (Phi) is 4.89. The van der Waals surface area contributed by atoms with Crippen molar-refractivity contribution in [3.63, 3.8) is 0 Å². The maximum Gasteiger partial charge on any atom is 0.448 e. The predicted molar refractivity (Wildman–Crippen MR) is 41.1 cm³/mol. The highest BCUT2D eigenvalue weighted by Crippen LogP contribution is 1.98.